The highest BCUT2D eigenvalue weighted by Crippen LogP contribution is 2.30. The van der Waals surface area contributed by atoms with Crippen molar-refractivity contribution in [1.29, 1.82) is 0 Å². The number of carbonyl (C=O) groups excluding carboxylic acids is 1. The van der Waals surface area contributed by atoms with E-state index in [2.05, 4.69) is 12.6 Å². The molecular weight excluding hydrogens is 248 g/mol. The lowest BCUT2D eigenvalue weighted by Gasteiger charge is -2.17. The molecule has 0 N–H and O–H groups in total. The van der Waals surface area contributed by atoms with Gasteiger partial charge in [0.1, 0.15) is 16.9 Å². The fraction of sp³-hybridized carbons (Fsp3) is 0.143. The average molecular weight is 258 g/mol. The number of Topliss-reactive ketones (excluding diaryl/α,β-unsaturated/α-hetero) is 1. The van der Waals surface area contributed by atoms with E-state index in [9.17, 15) is 9.59 Å². The van der Waals surface area contributed by atoms with E-state index in [0.717, 1.165) is 0 Å². The van der Waals surface area contributed by atoms with Gasteiger partial charge >= 0.3 is 0 Å². The van der Waals surface area contributed by atoms with Crippen molar-refractivity contribution in [2.45, 2.75) is 6.92 Å². The van der Waals surface area contributed by atoms with Gasteiger partial charge in [0, 0.05) is 0 Å². The van der Waals surface area contributed by atoms with Crippen LogP contribution in [0.5, 0.6) is 0 Å². The summed E-state index contributed by atoms with van der Waals surface area (Å²) in [7, 11) is 0. The molecule has 0 fully saturated rings. The topological polar surface area (TPSA) is 47.3 Å². The second-order valence-electron chi connectivity index (χ2n) is 4.32. The van der Waals surface area contributed by atoms with E-state index >= 15 is 0 Å². The van der Waals surface area contributed by atoms with E-state index in [0.29, 0.717) is 21.6 Å². The lowest BCUT2D eigenvalue weighted by Crippen LogP contribution is -2.25. The second-order valence-corrected chi connectivity index (χ2v) is 4.84. The summed E-state index contributed by atoms with van der Waals surface area (Å²) < 4.78 is 5.61. The standard InChI is InChI=1S/C14H10O3S/c1-7-11(18)6-10-12(13(7)15)14(16)8-4-2-3-5-9(8)17-10/h2-7,18H,1H3. The molecule has 0 saturated carbocycles. The van der Waals surface area contributed by atoms with Crippen molar-refractivity contribution < 1.29 is 9.21 Å². The van der Waals surface area contributed by atoms with E-state index in [1.165, 1.54) is 0 Å². The Kier molecular flexibility index (Phi) is 2.41. The third-order valence-corrected chi connectivity index (χ3v) is 3.70. The van der Waals surface area contributed by atoms with E-state index in [1.807, 2.05) is 0 Å². The molecule has 0 bridgehead atoms. The summed E-state index contributed by atoms with van der Waals surface area (Å²) in [6, 6.07) is 6.92. The van der Waals surface area contributed by atoms with Crippen LogP contribution in [0, 0.1) is 5.92 Å². The predicted molar refractivity (Wildman–Crippen MR) is 72.9 cm³/mol. The summed E-state index contributed by atoms with van der Waals surface area (Å²) in [6.07, 6.45) is 1.65. The first-order valence-electron chi connectivity index (χ1n) is 5.60. The van der Waals surface area contributed by atoms with Crippen LogP contribution < -0.4 is 5.43 Å². The number of carbonyl (C=O) groups is 1. The van der Waals surface area contributed by atoms with E-state index < -0.39 is 0 Å². The zero-order valence-electron chi connectivity index (χ0n) is 9.64. The molecule has 3 rings (SSSR count). The summed E-state index contributed by atoms with van der Waals surface area (Å²) in [4.78, 5) is 25.1. The molecule has 4 heteroatoms. The SMILES string of the molecule is CC1C(=O)c2c(oc3ccccc3c2=O)C=C1S. The van der Waals surface area contributed by atoms with Crippen LogP contribution in [0.4, 0.5) is 0 Å². The van der Waals surface area contributed by atoms with Crippen molar-refractivity contribution in [3.05, 3.63) is 50.7 Å². The van der Waals surface area contributed by atoms with Gasteiger partial charge in [-0.1, -0.05) is 19.1 Å². The Hall–Kier alpha value is -1.81. The average Bonchev–Trinajstić information content (AvgIpc) is 2.36. The molecule has 1 aromatic carbocycles. The van der Waals surface area contributed by atoms with Gasteiger partial charge < -0.3 is 4.42 Å². The maximum atomic E-state index is 12.3. The van der Waals surface area contributed by atoms with Gasteiger partial charge in [0.15, 0.2) is 5.78 Å². The van der Waals surface area contributed by atoms with Crippen molar-refractivity contribution in [1.82, 2.24) is 0 Å². The summed E-state index contributed by atoms with van der Waals surface area (Å²) in [6.45, 7) is 1.73. The summed E-state index contributed by atoms with van der Waals surface area (Å²) >= 11 is 4.25. The number of fused-ring (bicyclic) bond motifs is 2. The largest absolute Gasteiger partial charge is 0.456 e. The fourth-order valence-electron chi connectivity index (χ4n) is 2.10. The van der Waals surface area contributed by atoms with Gasteiger partial charge in [-0.15, -0.1) is 12.6 Å². The van der Waals surface area contributed by atoms with Crippen LogP contribution in [0.15, 0.2) is 38.4 Å². The number of thiol groups is 1. The van der Waals surface area contributed by atoms with Gasteiger partial charge in [-0.3, -0.25) is 9.59 Å². The normalized spacial score (nSPS) is 18.7. The second kappa shape index (κ2) is 3.85. The smallest absolute Gasteiger partial charge is 0.204 e. The Morgan fingerprint density at radius 3 is 2.72 bits per heavy atom. The van der Waals surface area contributed by atoms with Gasteiger partial charge in [0.05, 0.1) is 11.3 Å². The first kappa shape index (κ1) is 11.3. The maximum absolute atomic E-state index is 12.3. The highest BCUT2D eigenvalue weighted by atomic mass is 32.1. The Morgan fingerprint density at radius 2 is 1.94 bits per heavy atom. The van der Waals surface area contributed by atoms with Gasteiger partial charge in [-0.05, 0) is 23.1 Å². The number of hydrogen-bond acceptors (Lipinski definition) is 4. The molecule has 1 aliphatic rings. The Morgan fingerprint density at radius 1 is 1.22 bits per heavy atom. The molecule has 3 nitrogen and oxygen atoms in total. The van der Waals surface area contributed by atoms with E-state index in [4.69, 9.17) is 4.42 Å². The third-order valence-electron chi connectivity index (χ3n) is 3.19. The molecule has 90 valence electrons. The van der Waals surface area contributed by atoms with Crippen LogP contribution in [0.3, 0.4) is 0 Å². The van der Waals surface area contributed by atoms with Gasteiger partial charge in [0.25, 0.3) is 0 Å². The van der Waals surface area contributed by atoms with Crippen LogP contribution in [0.25, 0.3) is 17.0 Å². The van der Waals surface area contributed by atoms with Crippen molar-refractivity contribution in [3.8, 4) is 0 Å². The first-order chi connectivity index (χ1) is 8.59. The van der Waals surface area contributed by atoms with Gasteiger partial charge in [-0.25, -0.2) is 0 Å². The zero-order chi connectivity index (χ0) is 12.9. The van der Waals surface area contributed by atoms with Crippen molar-refractivity contribution in [3.63, 3.8) is 0 Å². The molecule has 2 aromatic rings. The fourth-order valence-corrected chi connectivity index (χ4v) is 2.34. The number of allylic oxidation sites excluding steroid dienone is 1. The van der Waals surface area contributed by atoms with Crippen LogP contribution in [0.2, 0.25) is 0 Å². The Balaban J connectivity index is 2.46. The monoisotopic (exact) mass is 258 g/mol. The van der Waals surface area contributed by atoms with Gasteiger partial charge in [0.2, 0.25) is 5.43 Å². The van der Waals surface area contributed by atoms with Crippen LogP contribution in [-0.2, 0) is 0 Å². The zero-order valence-corrected chi connectivity index (χ0v) is 10.5. The minimum absolute atomic E-state index is 0.138. The highest BCUT2D eigenvalue weighted by Gasteiger charge is 2.29. The van der Waals surface area contributed by atoms with Crippen molar-refractivity contribution >= 4 is 35.5 Å². The molecule has 18 heavy (non-hydrogen) atoms. The lowest BCUT2D eigenvalue weighted by atomic mass is 9.91. The molecule has 1 heterocycles. The van der Waals surface area contributed by atoms with E-state index in [-0.39, 0.29) is 22.7 Å². The number of rotatable bonds is 0. The molecule has 0 aliphatic heterocycles. The Bertz CT molecular complexity index is 755. The number of para-hydroxylation sites is 1. The number of hydrogen-bond donors (Lipinski definition) is 1. The highest BCUT2D eigenvalue weighted by molar-refractivity contribution is 7.84. The Labute approximate surface area is 109 Å². The number of benzene rings is 1. The van der Waals surface area contributed by atoms with Crippen LogP contribution in [-0.4, -0.2) is 5.78 Å². The summed E-state index contributed by atoms with van der Waals surface area (Å²) in [5, 5.41) is 0.438. The predicted octanol–water partition coefficient (Wildman–Crippen LogP) is 2.90. The third kappa shape index (κ3) is 1.46. The minimum atomic E-state index is -0.384. The molecule has 0 spiro atoms. The lowest BCUT2D eigenvalue weighted by molar-refractivity contribution is 0.0946. The van der Waals surface area contributed by atoms with Crippen molar-refractivity contribution in [2.75, 3.05) is 0 Å². The van der Waals surface area contributed by atoms with E-state index in [1.54, 1.807) is 37.3 Å². The molecule has 0 radical (unpaired) electrons. The molecule has 1 aromatic heterocycles. The van der Waals surface area contributed by atoms with Crippen LogP contribution >= 0.6 is 12.6 Å². The molecule has 1 aliphatic carbocycles. The van der Waals surface area contributed by atoms with Crippen LogP contribution in [0.1, 0.15) is 23.0 Å². The summed E-state index contributed by atoms with van der Waals surface area (Å²) in [5.74, 6) is -0.298. The quantitative estimate of drug-likeness (QED) is 0.739. The first-order valence-corrected chi connectivity index (χ1v) is 6.05. The number of ketones is 1. The summed E-state index contributed by atoms with van der Waals surface area (Å²) in [5.41, 5.74) is 0.362. The maximum Gasteiger partial charge on any atom is 0.204 e. The van der Waals surface area contributed by atoms with Crippen molar-refractivity contribution in [2.24, 2.45) is 5.92 Å². The molecule has 1 unspecified atom stereocenters. The van der Waals surface area contributed by atoms with Gasteiger partial charge in [-0.2, -0.15) is 0 Å². The molecular formula is C14H10O3S. The molecule has 0 amide bonds. The molecule has 0 saturated heterocycles. The minimum Gasteiger partial charge on any atom is -0.456 e. The molecule has 1 atom stereocenters.